The third-order valence-electron chi connectivity index (χ3n) is 5.12. The number of amides is 2. The number of rotatable bonds is 7. The van der Waals surface area contributed by atoms with E-state index >= 15 is 0 Å². The first-order valence-corrected chi connectivity index (χ1v) is 10.8. The fraction of sp³-hybridized carbons (Fsp3) is 0.348. The number of nitrogens with one attached hydrogen (secondary N) is 2. The Kier molecular flexibility index (Phi) is 7.71. The van der Waals surface area contributed by atoms with Crippen LogP contribution < -0.4 is 15.5 Å². The van der Waals surface area contributed by atoms with Crippen LogP contribution in [0, 0.1) is 0 Å². The van der Waals surface area contributed by atoms with Crippen molar-refractivity contribution in [2.45, 2.75) is 19.9 Å². The zero-order chi connectivity index (χ0) is 23.3. The van der Waals surface area contributed by atoms with E-state index in [4.69, 9.17) is 11.6 Å². The second kappa shape index (κ2) is 10.5. The van der Waals surface area contributed by atoms with Gasteiger partial charge < -0.3 is 20.6 Å². The molecule has 1 aliphatic heterocycles. The van der Waals surface area contributed by atoms with Crippen LogP contribution in [0.5, 0.6) is 0 Å². The lowest BCUT2D eigenvalue weighted by Crippen LogP contribution is -2.50. The molecule has 0 aliphatic carbocycles. The number of carboxylic acid groups (broad SMARTS) is 1. The molecule has 32 heavy (non-hydrogen) atoms. The van der Waals surface area contributed by atoms with Crippen LogP contribution in [0.15, 0.2) is 42.5 Å². The number of anilines is 2. The molecule has 3 rings (SSSR count). The Hall–Kier alpha value is -3.10. The molecule has 2 aromatic carbocycles. The molecule has 0 bridgehead atoms. The number of halogens is 1. The molecule has 1 aliphatic rings. The first kappa shape index (κ1) is 23.6. The summed E-state index contributed by atoms with van der Waals surface area (Å²) in [5.74, 6) is -1.43. The smallest absolute Gasteiger partial charge is 0.337 e. The van der Waals surface area contributed by atoms with Gasteiger partial charge in [0, 0.05) is 48.5 Å². The van der Waals surface area contributed by atoms with Crippen LogP contribution in [0.2, 0.25) is 5.02 Å². The normalized spacial score (nSPS) is 14.3. The summed E-state index contributed by atoms with van der Waals surface area (Å²) in [7, 11) is 0. The monoisotopic (exact) mass is 458 g/mol. The lowest BCUT2D eigenvalue weighted by molar-refractivity contribution is -0.122. The summed E-state index contributed by atoms with van der Waals surface area (Å²) in [5.41, 5.74) is 1.53. The van der Waals surface area contributed by atoms with Crippen molar-refractivity contribution in [3.05, 3.63) is 58.6 Å². The zero-order valence-electron chi connectivity index (χ0n) is 18.1. The summed E-state index contributed by atoms with van der Waals surface area (Å²) in [4.78, 5) is 40.4. The summed E-state index contributed by atoms with van der Waals surface area (Å²) in [5, 5.41) is 15.9. The Morgan fingerprint density at radius 2 is 1.69 bits per heavy atom. The summed E-state index contributed by atoms with van der Waals surface area (Å²) >= 11 is 5.85. The average molecular weight is 459 g/mol. The molecule has 1 saturated heterocycles. The van der Waals surface area contributed by atoms with E-state index in [1.165, 1.54) is 6.07 Å². The molecule has 2 amide bonds. The number of carbonyl (C=O) groups is 3. The van der Waals surface area contributed by atoms with Crippen molar-refractivity contribution in [2.75, 3.05) is 42.9 Å². The van der Waals surface area contributed by atoms with Crippen LogP contribution in [0.4, 0.5) is 11.4 Å². The lowest BCUT2D eigenvalue weighted by atomic mass is 10.1. The topological polar surface area (TPSA) is 102 Å². The predicted octanol–water partition coefficient (Wildman–Crippen LogP) is 2.94. The van der Waals surface area contributed by atoms with E-state index in [1.807, 2.05) is 18.7 Å². The van der Waals surface area contributed by atoms with Crippen molar-refractivity contribution < 1.29 is 19.5 Å². The quantitative estimate of drug-likeness (QED) is 0.589. The van der Waals surface area contributed by atoms with Crippen molar-refractivity contribution in [1.29, 1.82) is 0 Å². The van der Waals surface area contributed by atoms with Crippen LogP contribution in [0.25, 0.3) is 0 Å². The van der Waals surface area contributed by atoms with Gasteiger partial charge in [-0.2, -0.15) is 0 Å². The van der Waals surface area contributed by atoms with E-state index in [0.29, 0.717) is 54.7 Å². The molecule has 3 N–H and O–H groups in total. The molecule has 0 radical (unpaired) electrons. The van der Waals surface area contributed by atoms with Crippen LogP contribution in [-0.2, 0) is 4.79 Å². The maximum Gasteiger partial charge on any atom is 0.337 e. The van der Waals surface area contributed by atoms with Crippen molar-refractivity contribution in [3.8, 4) is 0 Å². The molecule has 0 spiro atoms. The number of carbonyl (C=O) groups excluding carboxylic acids is 2. The highest BCUT2D eigenvalue weighted by atomic mass is 35.5. The third kappa shape index (κ3) is 6.21. The minimum Gasteiger partial charge on any atom is -0.478 e. The first-order valence-electron chi connectivity index (χ1n) is 10.4. The Morgan fingerprint density at radius 1 is 1.03 bits per heavy atom. The second-order valence-electron chi connectivity index (χ2n) is 7.98. The molecular formula is C23H27ClN4O4. The van der Waals surface area contributed by atoms with Gasteiger partial charge in [-0.15, -0.1) is 0 Å². The maximum absolute atomic E-state index is 12.4. The fourth-order valence-electron chi connectivity index (χ4n) is 3.58. The Labute approximate surface area is 192 Å². The molecule has 9 heteroatoms. The first-order chi connectivity index (χ1) is 15.2. The Bertz CT molecular complexity index is 986. The molecule has 1 fully saturated rings. The van der Waals surface area contributed by atoms with E-state index in [-0.39, 0.29) is 23.4 Å². The van der Waals surface area contributed by atoms with Crippen LogP contribution in [0.1, 0.15) is 34.6 Å². The van der Waals surface area contributed by atoms with E-state index in [0.717, 1.165) is 0 Å². The largest absolute Gasteiger partial charge is 0.478 e. The van der Waals surface area contributed by atoms with Crippen molar-refractivity contribution in [2.24, 2.45) is 0 Å². The maximum atomic E-state index is 12.4. The number of nitrogens with zero attached hydrogens (tertiary/aromatic N) is 2. The Balaban J connectivity index is 1.66. The van der Waals surface area contributed by atoms with Gasteiger partial charge in [-0.05, 0) is 56.3 Å². The van der Waals surface area contributed by atoms with Gasteiger partial charge >= 0.3 is 5.97 Å². The molecule has 2 aromatic rings. The highest BCUT2D eigenvalue weighted by Crippen LogP contribution is 2.26. The second-order valence-corrected chi connectivity index (χ2v) is 8.42. The van der Waals surface area contributed by atoms with Crippen molar-refractivity contribution in [1.82, 2.24) is 10.2 Å². The van der Waals surface area contributed by atoms with Crippen LogP contribution in [-0.4, -0.2) is 66.6 Å². The van der Waals surface area contributed by atoms with E-state index in [9.17, 15) is 19.5 Å². The predicted molar refractivity (Wildman–Crippen MR) is 125 cm³/mol. The van der Waals surface area contributed by atoms with Gasteiger partial charge in [-0.1, -0.05) is 11.6 Å². The van der Waals surface area contributed by atoms with Gasteiger partial charge in [0.1, 0.15) is 0 Å². The van der Waals surface area contributed by atoms with Gasteiger partial charge in [0.25, 0.3) is 5.91 Å². The standard InChI is InChI=1S/C23H27ClN4O4/c1-15(2)25-21(29)14-27-9-11-28(12-10-27)20-8-7-18(13-19(20)23(31)32)26-22(30)16-3-5-17(24)6-4-16/h3-8,13,15H,9-12,14H2,1-2H3,(H,25,29)(H,26,30)(H,31,32). The summed E-state index contributed by atoms with van der Waals surface area (Å²) in [6.45, 7) is 6.68. The minimum atomic E-state index is -1.07. The molecule has 0 saturated carbocycles. The number of benzene rings is 2. The zero-order valence-corrected chi connectivity index (χ0v) is 18.9. The fourth-order valence-corrected chi connectivity index (χ4v) is 3.71. The molecule has 0 aromatic heterocycles. The highest BCUT2D eigenvalue weighted by Gasteiger charge is 2.23. The highest BCUT2D eigenvalue weighted by molar-refractivity contribution is 6.30. The number of carboxylic acids is 1. The molecule has 0 atom stereocenters. The molecule has 1 heterocycles. The molecular weight excluding hydrogens is 432 g/mol. The number of aromatic carboxylic acids is 1. The van der Waals surface area contributed by atoms with Crippen molar-refractivity contribution >= 4 is 40.8 Å². The Morgan fingerprint density at radius 3 is 2.28 bits per heavy atom. The lowest BCUT2D eigenvalue weighted by Gasteiger charge is -2.36. The SMILES string of the molecule is CC(C)NC(=O)CN1CCN(c2ccc(NC(=O)c3ccc(Cl)cc3)cc2C(=O)O)CC1. The van der Waals surface area contributed by atoms with Crippen LogP contribution in [0.3, 0.4) is 0 Å². The van der Waals surface area contributed by atoms with Gasteiger partial charge in [-0.3, -0.25) is 14.5 Å². The van der Waals surface area contributed by atoms with Gasteiger partial charge in [0.2, 0.25) is 5.91 Å². The van der Waals surface area contributed by atoms with Gasteiger partial charge in [-0.25, -0.2) is 4.79 Å². The van der Waals surface area contributed by atoms with E-state index in [2.05, 4.69) is 15.5 Å². The summed E-state index contributed by atoms with van der Waals surface area (Å²) < 4.78 is 0. The van der Waals surface area contributed by atoms with E-state index in [1.54, 1.807) is 36.4 Å². The average Bonchev–Trinajstić information content (AvgIpc) is 2.74. The minimum absolute atomic E-state index is 0.0135. The summed E-state index contributed by atoms with van der Waals surface area (Å²) in [6.07, 6.45) is 0. The van der Waals surface area contributed by atoms with E-state index < -0.39 is 5.97 Å². The van der Waals surface area contributed by atoms with Gasteiger partial charge in [0.15, 0.2) is 0 Å². The number of hydrogen-bond acceptors (Lipinski definition) is 5. The number of piperazine rings is 1. The molecule has 8 nitrogen and oxygen atoms in total. The summed E-state index contributed by atoms with van der Waals surface area (Å²) in [6, 6.07) is 11.4. The van der Waals surface area contributed by atoms with Gasteiger partial charge in [0.05, 0.1) is 17.8 Å². The molecule has 0 unspecified atom stereocenters. The third-order valence-corrected chi connectivity index (χ3v) is 5.37. The number of hydrogen-bond donors (Lipinski definition) is 3. The van der Waals surface area contributed by atoms with Crippen molar-refractivity contribution in [3.63, 3.8) is 0 Å². The van der Waals surface area contributed by atoms with Crippen LogP contribution >= 0.6 is 11.6 Å². The molecule has 170 valence electrons.